The first-order valence-electron chi connectivity index (χ1n) is 5.78. The lowest BCUT2D eigenvalue weighted by atomic mass is 9.99. The van der Waals surface area contributed by atoms with Gasteiger partial charge in [0.25, 0.3) is 0 Å². The Kier molecular flexibility index (Phi) is 3.53. The molecule has 0 radical (unpaired) electrons. The zero-order valence-electron chi connectivity index (χ0n) is 9.17. The van der Waals surface area contributed by atoms with E-state index in [9.17, 15) is 0 Å². The number of hydrogen-bond acceptors (Lipinski definition) is 1. The van der Waals surface area contributed by atoms with Gasteiger partial charge in [0.05, 0.1) is 0 Å². The summed E-state index contributed by atoms with van der Waals surface area (Å²) in [5.74, 6) is 0.848. The van der Waals surface area contributed by atoms with E-state index in [2.05, 4.69) is 12.2 Å². The monoisotopic (exact) mass is 223 g/mol. The minimum Gasteiger partial charge on any atom is -0.382 e. The summed E-state index contributed by atoms with van der Waals surface area (Å²) in [6, 6.07) is 8.55. The summed E-state index contributed by atoms with van der Waals surface area (Å²) in [4.78, 5) is 0. The van der Waals surface area contributed by atoms with Crippen LogP contribution in [0.25, 0.3) is 0 Å². The van der Waals surface area contributed by atoms with E-state index in [1.165, 1.54) is 31.4 Å². The van der Waals surface area contributed by atoms with Crippen LogP contribution in [0.2, 0.25) is 5.02 Å². The molecule has 1 aliphatic rings. The van der Waals surface area contributed by atoms with Crippen molar-refractivity contribution in [3.8, 4) is 0 Å². The summed E-state index contributed by atoms with van der Waals surface area (Å²) in [6.45, 7) is 2.28. The van der Waals surface area contributed by atoms with Gasteiger partial charge in [-0.1, -0.05) is 24.4 Å². The van der Waals surface area contributed by atoms with Crippen LogP contribution in [0.3, 0.4) is 0 Å². The molecular formula is C13H18ClN. The highest BCUT2D eigenvalue weighted by Gasteiger charge is 2.20. The van der Waals surface area contributed by atoms with Gasteiger partial charge in [-0.25, -0.2) is 0 Å². The van der Waals surface area contributed by atoms with E-state index in [4.69, 9.17) is 11.6 Å². The molecule has 0 bridgehead atoms. The van der Waals surface area contributed by atoms with Gasteiger partial charge >= 0.3 is 0 Å². The van der Waals surface area contributed by atoms with Crippen LogP contribution >= 0.6 is 11.6 Å². The van der Waals surface area contributed by atoms with E-state index in [1.54, 1.807) is 0 Å². The fourth-order valence-corrected chi connectivity index (χ4v) is 2.51. The van der Waals surface area contributed by atoms with Gasteiger partial charge < -0.3 is 5.32 Å². The Hall–Kier alpha value is -0.690. The SMILES string of the molecule is CC(Nc1ccc(Cl)cc1)C1CCCC1. The molecule has 0 aliphatic heterocycles. The van der Waals surface area contributed by atoms with Crippen LogP contribution in [0.1, 0.15) is 32.6 Å². The summed E-state index contributed by atoms with van der Waals surface area (Å²) in [7, 11) is 0. The Balaban J connectivity index is 1.92. The first-order valence-corrected chi connectivity index (χ1v) is 6.15. The van der Waals surface area contributed by atoms with Gasteiger partial charge in [0.2, 0.25) is 0 Å². The summed E-state index contributed by atoms with van der Waals surface area (Å²) in [5.41, 5.74) is 1.18. The molecule has 1 nitrogen and oxygen atoms in total. The molecule has 0 amide bonds. The van der Waals surface area contributed by atoms with Gasteiger partial charge in [0.15, 0.2) is 0 Å². The van der Waals surface area contributed by atoms with E-state index < -0.39 is 0 Å². The van der Waals surface area contributed by atoms with Gasteiger partial charge in [0.1, 0.15) is 0 Å². The van der Waals surface area contributed by atoms with E-state index in [-0.39, 0.29) is 0 Å². The largest absolute Gasteiger partial charge is 0.382 e. The number of hydrogen-bond donors (Lipinski definition) is 1. The molecule has 1 unspecified atom stereocenters. The van der Waals surface area contributed by atoms with Gasteiger partial charge in [-0.05, 0) is 49.9 Å². The molecule has 2 rings (SSSR count). The van der Waals surface area contributed by atoms with Crippen molar-refractivity contribution in [2.24, 2.45) is 5.92 Å². The number of benzene rings is 1. The van der Waals surface area contributed by atoms with Gasteiger partial charge in [-0.2, -0.15) is 0 Å². The first-order chi connectivity index (χ1) is 7.25. The Morgan fingerprint density at radius 1 is 1.20 bits per heavy atom. The summed E-state index contributed by atoms with van der Waals surface area (Å²) < 4.78 is 0. The van der Waals surface area contributed by atoms with Crippen molar-refractivity contribution >= 4 is 17.3 Å². The summed E-state index contributed by atoms with van der Waals surface area (Å²) in [5, 5.41) is 4.35. The van der Waals surface area contributed by atoms with Crippen LogP contribution in [-0.2, 0) is 0 Å². The highest BCUT2D eigenvalue weighted by Crippen LogP contribution is 2.29. The van der Waals surface area contributed by atoms with Crippen molar-refractivity contribution in [3.63, 3.8) is 0 Å². The Morgan fingerprint density at radius 2 is 1.80 bits per heavy atom. The summed E-state index contributed by atoms with van der Waals surface area (Å²) in [6.07, 6.45) is 5.55. The van der Waals surface area contributed by atoms with Crippen LogP contribution in [0, 0.1) is 5.92 Å². The van der Waals surface area contributed by atoms with Crippen molar-refractivity contribution in [2.45, 2.75) is 38.6 Å². The Labute approximate surface area is 96.8 Å². The van der Waals surface area contributed by atoms with Crippen LogP contribution in [0.5, 0.6) is 0 Å². The van der Waals surface area contributed by atoms with Gasteiger partial charge in [-0.3, -0.25) is 0 Å². The van der Waals surface area contributed by atoms with Crippen molar-refractivity contribution in [1.29, 1.82) is 0 Å². The maximum absolute atomic E-state index is 5.85. The summed E-state index contributed by atoms with van der Waals surface area (Å²) >= 11 is 5.85. The molecule has 0 heterocycles. The van der Waals surface area contributed by atoms with E-state index in [0.29, 0.717) is 6.04 Å². The predicted molar refractivity (Wildman–Crippen MR) is 66.5 cm³/mol. The molecule has 2 heteroatoms. The van der Waals surface area contributed by atoms with E-state index in [0.717, 1.165) is 10.9 Å². The third-order valence-corrected chi connectivity index (χ3v) is 3.60. The fraction of sp³-hybridized carbons (Fsp3) is 0.538. The molecule has 1 atom stereocenters. The standard InChI is InChI=1S/C13H18ClN/c1-10(11-4-2-3-5-11)15-13-8-6-12(14)7-9-13/h6-11,15H,2-5H2,1H3. The van der Waals surface area contributed by atoms with Crippen molar-refractivity contribution in [3.05, 3.63) is 29.3 Å². The average molecular weight is 224 g/mol. The fourth-order valence-electron chi connectivity index (χ4n) is 2.38. The molecule has 82 valence electrons. The molecule has 1 fully saturated rings. The molecule has 1 aromatic rings. The maximum atomic E-state index is 5.85. The molecule has 0 saturated heterocycles. The zero-order chi connectivity index (χ0) is 10.7. The predicted octanol–water partition coefficient (Wildman–Crippen LogP) is 4.33. The highest BCUT2D eigenvalue weighted by molar-refractivity contribution is 6.30. The molecule has 1 aliphatic carbocycles. The van der Waals surface area contributed by atoms with Crippen LogP contribution in [0.4, 0.5) is 5.69 Å². The second kappa shape index (κ2) is 4.89. The third-order valence-electron chi connectivity index (χ3n) is 3.35. The Morgan fingerprint density at radius 3 is 2.40 bits per heavy atom. The van der Waals surface area contributed by atoms with E-state index in [1.807, 2.05) is 24.3 Å². The molecule has 1 aromatic carbocycles. The lowest BCUT2D eigenvalue weighted by Gasteiger charge is -2.21. The van der Waals surface area contributed by atoms with Crippen LogP contribution in [-0.4, -0.2) is 6.04 Å². The number of nitrogens with one attached hydrogen (secondary N) is 1. The van der Waals surface area contributed by atoms with Crippen molar-refractivity contribution in [1.82, 2.24) is 0 Å². The molecule has 1 N–H and O–H groups in total. The second-order valence-electron chi connectivity index (χ2n) is 4.48. The zero-order valence-corrected chi connectivity index (χ0v) is 9.93. The molecule has 15 heavy (non-hydrogen) atoms. The highest BCUT2D eigenvalue weighted by atomic mass is 35.5. The third kappa shape index (κ3) is 2.88. The first kappa shape index (κ1) is 10.8. The smallest absolute Gasteiger partial charge is 0.0407 e. The maximum Gasteiger partial charge on any atom is 0.0407 e. The number of rotatable bonds is 3. The number of halogens is 1. The van der Waals surface area contributed by atoms with Crippen LogP contribution in [0.15, 0.2) is 24.3 Å². The molecular weight excluding hydrogens is 206 g/mol. The molecule has 0 spiro atoms. The van der Waals surface area contributed by atoms with Crippen LogP contribution < -0.4 is 5.32 Å². The van der Waals surface area contributed by atoms with E-state index >= 15 is 0 Å². The molecule has 1 saturated carbocycles. The minimum absolute atomic E-state index is 0.577. The Bertz CT molecular complexity index is 301. The van der Waals surface area contributed by atoms with Gasteiger partial charge in [-0.15, -0.1) is 0 Å². The topological polar surface area (TPSA) is 12.0 Å². The average Bonchev–Trinajstić information content (AvgIpc) is 2.74. The van der Waals surface area contributed by atoms with Crippen molar-refractivity contribution in [2.75, 3.05) is 5.32 Å². The van der Waals surface area contributed by atoms with Crippen molar-refractivity contribution < 1.29 is 0 Å². The lowest BCUT2D eigenvalue weighted by Crippen LogP contribution is -2.23. The second-order valence-corrected chi connectivity index (χ2v) is 4.92. The van der Waals surface area contributed by atoms with Gasteiger partial charge in [0, 0.05) is 16.8 Å². The minimum atomic E-state index is 0.577. The number of anilines is 1. The quantitative estimate of drug-likeness (QED) is 0.804. The molecule has 0 aromatic heterocycles. The normalized spacial score (nSPS) is 19.1. The lowest BCUT2D eigenvalue weighted by molar-refractivity contribution is 0.482.